The van der Waals surface area contributed by atoms with Crippen molar-refractivity contribution in [3.63, 3.8) is 0 Å². The van der Waals surface area contributed by atoms with Gasteiger partial charge in [0.15, 0.2) is 0 Å². The summed E-state index contributed by atoms with van der Waals surface area (Å²) in [5, 5.41) is 2.79. The molecule has 49 heavy (non-hydrogen) atoms. The maximum absolute atomic E-state index is 12.4. The number of hydrogen-bond acceptors (Lipinski definition) is 7. The lowest BCUT2D eigenvalue weighted by Crippen LogP contribution is -2.31. The van der Waals surface area contributed by atoms with Crippen molar-refractivity contribution in [1.29, 1.82) is 0 Å². The van der Waals surface area contributed by atoms with Crippen LogP contribution in [0.4, 0.5) is 4.79 Å². The standard InChI is InChI=1S/C41H80N2O6/c1-5-8-10-12-14-22-28-37-48-39(44)31-24-18-15-20-26-34-43(36-29-33-42-41(46)47-4)35-27-21-16-19-25-32-40(45)49-38(7-3)30-23-17-13-11-9-6-2/h38H,5-37H2,1-4H3,(H,42,46). The summed E-state index contributed by atoms with van der Waals surface area (Å²) in [5.41, 5.74) is 0. The lowest BCUT2D eigenvalue weighted by Gasteiger charge is -2.22. The summed E-state index contributed by atoms with van der Waals surface area (Å²) in [6, 6.07) is 0. The SMILES string of the molecule is CCCCCCCCCOC(=O)CCCCCCCN(CCCCCCCC(=O)OC(CC)CCCCCCCC)CCCNC(=O)OC. The number of rotatable bonds is 37. The van der Waals surface area contributed by atoms with E-state index in [1.165, 1.54) is 71.3 Å². The molecule has 0 aromatic heterocycles. The van der Waals surface area contributed by atoms with E-state index >= 15 is 0 Å². The van der Waals surface area contributed by atoms with Crippen molar-refractivity contribution < 1.29 is 28.6 Å². The molecule has 8 nitrogen and oxygen atoms in total. The Balaban J connectivity index is 4.06. The minimum absolute atomic E-state index is 0.0247. The predicted molar refractivity (Wildman–Crippen MR) is 204 cm³/mol. The van der Waals surface area contributed by atoms with Crippen LogP contribution in [0.25, 0.3) is 0 Å². The number of amides is 1. The van der Waals surface area contributed by atoms with E-state index in [0.29, 0.717) is 26.0 Å². The zero-order valence-electron chi connectivity index (χ0n) is 32.8. The number of carbonyl (C=O) groups is 3. The minimum Gasteiger partial charge on any atom is -0.466 e. The Morgan fingerprint density at radius 2 is 1.02 bits per heavy atom. The number of unbranched alkanes of at least 4 members (excludes halogenated alkanes) is 19. The van der Waals surface area contributed by atoms with E-state index in [2.05, 4.69) is 35.7 Å². The predicted octanol–water partition coefficient (Wildman–Crippen LogP) is 11.1. The van der Waals surface area contributed by atoms with Crippen LogP contribution in [0.15, 0.2) is 0 Å². The normalized spacial score (nSPS) is 11.9. The number of nitrogens with one attached hydrogen (secondary N) is 1. The molecule has 1 atom stereocenters. The molecule has 290 valence electrons. The van der Waals surface area contributed by atoms with Crippen LogP contribution < -0.4 is 5.32 Å². The number of esters is 2. The topological polar surface area (TPSA) is 94.2 Å². The molecule has 0 aromatic carbocycles. The van der Waals surface area contributed by atoms with Gasteiger partial charge in [-0.25, -0.2) is 4.79 Å². The molecule has 0 heterocycles. The molecule has 0 radical (unpaired) electrons. The van der Waals surface area contributed by atoms with E-state index in [1.807, 2.05) is 0 Å². The van der Waals surface area contributed by atoms with E-state index in [1.54, 1.807) is 0 Å². The molecular formula is C41H80N2O6. The van der Waals surface area contributed by atoms with Crippen LogP contribution in [0.3, 0.4) is 0 Å². The molecule has 0 bridgehead atoms. The first-order valence-corrected chi connectivity index (χ1v) is 20.9. The second-order valence-electron chi connectivity index (χ2n) is 14.1. The number of hydrogen-bond donors (Lipinski definition) is 1. The van der Waals surface area contributed by atoms with E-state index < -0.39 is 0 Å². The number of ether oxygens (including phenoxy) is 3. The van der Waals surface area contributed by atoms with Crippen LogP contribution in [0.2, 0.25) is 0 Å². The smallest absolute Gasteiger partial charge is 0.406 e. The van der Waals surface area contributed by atoms with Gasteiger partial charge >= 0.3 is 18.0 Å². The molecule has 8 heteroatoms. The molecule has 0 saturated heterocycles. The summed E-state index contributed by atoms with van der Waals surface area (Å²) >= 11 is 0. The van der Waals surface area contributed by atoms with Crippen molar-refractivity contribution >= 4 is 18.0 Å². The van der Waals surface area contributed by atoms with Gasteiger partial charge in [-0.15, -0.1) is 0 Å². The summed E-state index contributed by atoms with van der Waals surface area (Å²) in [4.78, 5) is 38.3. The van der Waals surface area contributed by atoms with Crippen LogP contribution >= 0.6 is 0 Å². The van der Waals surface area contributed by atoms with Crippen LogP contribution in [0.5, 0.6) is 0 Å². The van der Waals surface area contributed by atoms with Gasteiger partial charge in [0.25, 0.3) is 0 Å². The molecule has 1 amide bonds. The lowest BCUT2D eigenvalue weighted by molar-refractivity contribution is -0.149. The Morgan fingerprint density at radius 1 is 0.551 bits per heavy atom. The van der Waals surface area contributed by atoms with Gasteiger partial charge in [0, 0.05) is 19.4 Å². The first-order chi connectivity index (χ1) is 24.0. The summed E-state index contributed by atoms with van der Waals surface area (Å²) in [5.74, 6) is -0.0649. The van der Waals surface area contributed by atoms with Crippen LogP contribution in [0.1, 0.15) is 201 Å². The minimum atomic E-state index is -0.375. The summed E-state index contributed by atoms with van der Waals surface area (Å²) < 4.78 is 15.9. The molecule has 0 aliphatic carbocycles. The first kappa shape index (κ1) is 47.2. The fourth-order valence-corrected chi connectivity index (χ4v) is 6.23. The van der Waals surface area contributed by atoms with Gasteiger partial charge in [-0.05, 0) is 77.4 Å². The zero-order valence-corrected chi connectivity index (χ0v) is 32.8. The third-order valence-corrected chi connectivity index (χ3v) is 9.46. The van der Waals surface area contributed by atoms with E-state index in [0.717, 1.165) is 122 Å². The van der Waals surface area contributed by atoms with Gasteiger partial charge in [0.05, 0.1) is 13.7 Å². The van der Waals surface area contributed by atoms with Crippen molar-refractivity contribution in [2.24, 2.45) is 0 Å². The molecule has 1 unspecified atom stereocenters. The molecule has 0 aliphatic heterocycles. The largest absolute Gasteiger partial charge is 0.466 e. The second-order valence-corrected chi connectivity index (χ2v) is 14.1. The highest BCUT2D eigenvalue weighted by Gasteiger charge is 2.12. The Morgan fingerprint density at radius 3 is 1.57 bits per heavy atom. The van der Waals surface area contributed by atoms with E-state index in [4.69, 9.17) is 9.47 Å². The molecule has 0 spiro atoms. The van der Waals surface area contributed by atoms with Gasteiger partial charge < -0.3 is 24.4 Å². The van der Waals surface area contributed by atoms with Crippen molar-refractivity contribution in [2.75, 3.05) is 39.9 Å². The Bertz CT molecular complexity index is 750. The maximum atomic E-state index is 12.4. The molecule has 0 aliphatic rings. The van der Waals surface area contributed by atoms with Gasteiger partial charge in [0.2, 0.25) is 0 Å². The van der Waals surface area contributed by atoms with Crippen LogP contribution in [-0.4, -0.2) is 68.9 Å². The van der Waals surface area contributed by atoms with Crippen LogP contribution in [0, 0.1) is 0 Å². The summed E-state index contributed by atoms with van der Waals surface area (Å²) in [7, 11) is 1.39. The Kier molecular flexibility index (Phi) is 36.0. The van der Waals surface area contributed by atoms with Crippen LogP contribution in [-0.2, 0) is 23.8 Å². The Labute approximate surface area is 302 Å². The van der Waals surface area contributed by atoms with Gasteiger partial charge in [0.1, 0.15) is 6.10 Å². The third-order valence-electron chi connectivity index (χ3n) is 9.46. The number of alkyl carbamates (subject to hydrolysis) is 1. The Hall–Kier alpha value is -1.83. The molecule has 0 aromatic rings. The van der Waals surface area contributed by atoms with Gasteiger partial charge in [-0.1, -0.05) is 130 Å². The number of methoxy groups -OCH3 is 1. The molecule has 0 saturated carbocycles. The molecule has 1 N–H and O–H groups in total. The van der Waals surface area contributed by atoms with E-state index in [-0.39, 0.29) is 24.1 Å². The maximum Gasteiger partial charge on any atom is 0.406 e. The monoisotopic (exact) mass is 697 g/mol. The second kappa shape index (κ2) is 37.4. The average molecular weight is 697 g/mol. The van der Waals surface area contributed by atoms with Crippen molar-refractivity contribution in [3.8, 4) is 0 Å². The fraction of sp³-hybridized carbons (Fsp3) is 0.927. The quantitative estimate of drug-likeness (QED) is 0.0392. The van der Waals surface area contributed by atoms with E-state index in [9.17, 15) is 14.4 Å². The van der Waals surface area contributed by atoms with Gasteiger partial charge in [-0.3, -0.25) is 9.59 Å². The fourth-order valence-electron chi connectivity index (χ4n) is 6.23. The highest BCUT2D eigenvalue weighted by molar-refractivity contribution is 5.69. The highest BCUT2D eigenvalue weighted by Crippen LogP contribution is 2.15. The molecule has 0 fully saturated rings. The lowest BCUT2D eigenvalue weighted by atomic mass is 10.1. The number of nitrogens with zero attached hydrogens (tertiary/aromatic N) is 1. The molecule has 0 rings (SSSR count). The van der Waals surface area contributed by atoms with Crippen molar-refractivity contribution in [2.45, 2.75) is 207 Å². The molecular weight excluding hydrogens is 616 g/mol. The van der Waals surface area contributed by atoms with Crippen molar-refractivity contribution in [3.05, 3.63) is 0 Å². The highest BCUT2D eigenvalue weighted by atomic mass is 16.5. The summed E-state index contributed by atoms with van der Waals surface area (Å²) in [6.07, 6.45) is 30.7. The first-order valence-electron chi connectivity index (χ1n) is 20.9. The van der Waals surface area contributed by atoms with Crippen molar-refractivity contribution in [1.82, 2.24) is 10.2 Å². The summed E-state index contributed by atoms with van der Waals surface area (Å²) in [6.45, 7) is 10.9. The zero-order chi connectivity index (χ0) is 36.0. The average Bonchev–Trinajstić information content (AvgIpc) is 3.10. The number of carbonyl (C=O) groups excluding carboxylic acids is 3. The van der Waals surface area contributed by atoms with Gasteiger partial charge in [-0.2, -0.15) is 0 Å². The third kappa shape index (κ3) is 34.4.